The van der Waals surface area contributed by atoms with Crippen molar-refractivity contribution < 1.29 is 61.3 Å². The maximum Gasteiger partial charge on any atom is 1.00 e. The summed E-state index contributed by atoms with van der Waals surface area (Å²) < 4.78 is 0. The fraction of sp³-hybridized carbons (Fsp3) is 0. The van der Waals surface area contributed by atoms with Crippen LogP contribution in [0.1, 0.15) is 16.1 Å². The number of carboxylic acids is 1. The molecule has 1 aromatic carbocycles. The summed E-state index contributed by atoms with van der Waals surface area (Å²) >= 11 is 0. The monoisotopic (exact) mass is 268 g/mol. The van der Waals surface area contributed by atoms with Crippen molar-refractivity contribution in [2.75, 3.05) is 0 Å². The first kappa shape index (κ1) is 17.3. The Bertz CT molecular complexity index is 449. The minimum atomic E-state index is -0.879. The molecule has 2 rings (SSSR count). The van der Waals surface area contributed by atoms with Crippen molar-refractivity contribution in [3.05, 3.63) is 72.5 Å². The standard InChI is InChI=1S/C7H6O2.C6H7N2.K/c8-7(9)6-4-2-1-3-5-6;7-5-6-3-1-2-4-8-6;/h1-5H,(H,8,9);1-5H,7H2;/q;-1;+1. The van der Waals surface area contributed by atoms with Crippen LogP contribution in [-0.4, -0.2) is 16.1 Å². The van der Waals surface area contributed by atoms with Crippen molar-refractivity contribution in [1.29, 1.82) is 0 Å². The minimum absolute atomic E-state index is 0. The van der Waals surface area contributed by atoms with E-state index in [0.717, 1.165) is 5.69 Å². The van der Waals surface area contributed by atoms with E-state index in [-0.39, 0.29) is 51.4 Å². The first-order valence-corrected chi connectivity index (χ1v) is 4.98. The van der Waals surface area contributed by atoms with Crippen LogP contribution in [0, 0.1) is 6.54 Å². The SMILES string of the molecule is N[CH-]c1ccccn1.O=C(O)c1ccccc1.[K+]. The molecular formula is C13H13KN2O2. The summed E-state index contributed by atoms with van der Waals surface area (Å²) in [5, 5.41) is 8.38. The van der Waals surface area contributed by atoms with Gasteiger partial charge in [-0.15, -0.1) is 12.6 Å². The molecule has 0 spiro atoms. The molecule has 5 heteroatoms. The van der Waals surface area contributed by atoms with Gasteiger partial charge in [0, 0.05) is 6.20 Å². The third kappa shape index (κ3) is 6.90. The normalized spacial score (nSPS) is 8.28. The van der Waals surface area contributed by atoms with Crippen LogP contribution in [0.25, 0.3) is 0 Å². The summed E-state index contributed by atoms with van der Waals surface area (Å²) in [4.78, 5) is 14.1. The van der Waals surface area contributed by atoms with Crippen LogP contribution in [-0.2, 0) is 0 Å². The van der Waals surface area contributed by atoms with E-state index >= 15 is 0 Å². The van der Waals surface area contributed by atoms with E-state index in [4.69, 9.17) is 10.8 Å². The van der Waals surface area contributed by atoms with E-state index < -0.39 is 5.97 Å². The molecule has 0 aliphatic rings. The van der Waals surface area contributed by atoms with Gasteiger partial charge in [-0.05, 0) is 12.1 Å². The number of hydrogen-bond donors (Lipinski definition) is 2. The Kier molecular flexibility index (Phi) is 9.85. The molecule has 0 aliphatic carbocycles. The second-order valence-corrected chi connectivity index (χ2v) is 3.09. The van der Waals surface area contributed by atoms with Crippen LogP contribution in [0.4, 0.5) is 0 Å². The quantitative estimate of drug-likeness (QED) is 0.538. The van der Waals surface area contributed by atoms with Gasteiger partial charge in [-0.25, -0.2) is 4.79 Å². The number of pyridine rings is 1. The summed E-state index contributed by atoms with van der Waals surface area (Å²) in [6.07, 6.45) is 1.71. The summed E-state index contributed by atoms with van der Waals surface area (Å²) in [6.45, 7) is 1.47. The molecule has 0 aliphatic heterocycles. The molecule has 0 atom stereocenters. The summed E-state index contributed by atoms with van der Waals surface area (Å²) in [7, 11) is 0. The zero-order valence-corrected chi connectivity index (χ0v) is 13.3. The average molecular weight is 268 g/mol. The second-order valence-electron chi connectivity index (χ2n) is 3.09. The zero-order chi connectivity index (χ0) is 12.5. The van der Waals surface area contributed by atoms with Gasteiger partial charge in [0.2, 0.25) is 0 Å². The van der Waals surface area contributed by atoms with Crippen LogP contribution in [0.3, 0.4) is 0 Å². The van der Waals surface area contributed by atoms with Crippen molar-refractivity contribution in [2.45, 2.75) is 0 Å². The van der Waals surface area contributed by atoms with Gasteiger partial charge in [0.05, 0.1) is 5.56 Å². The molecule has 0 unspecified atom stereocenters. The molecule has 18 heavy (non-hydrogen) atoms. The van der Waals surface area contributed by atoms with Gasteiger partial charge in [-0.3, -0.25) is 4.98 Å². The Balaban J connectivity index is 0.000000306. The van der Waals surface area contributed by atoms with Gasteiger partial charge in [0.15, 0.2) is 0 Å². The Morgan fingerprint density at radius 2 is 1.72 bits per heavy atom. The van der Waals surface area contributed by atoms with Crippen molar-refractivity contribution in [3.63, 3.8) is 0 Å². The Hall–Kier alpha value is -0.694. The molecule has 0 amide bonds. The predicted octanol–water partition coefficient (Wildman–Crippen LogP) is -1.06. The van der Waals surface area contributed by atoms with E-state index in [0.29, 0.717) is 5.56 Å². The molecule has 3 N–H and O–H groups in total. The number of aromatic nitrogens is 1. The summed E-state index contributed by atoms with van der Waals surface area (Å²) in [5.41, 5.74) is 6.31. The molecule has 2 aromatic rings. The topological polar surface area (TPSA) is 76.2 Å². The van der Waals surface area contributed by atoms with Crippen LogP contribution in [0.2, 0.25) is 0 Å². The fourth-order valence-electron chi connectivity index (χ4n) is 1.06. The molecular weight excluding hydrogens is 255 g/mol. The van der Waals surface area contributed by atoms with Gasteiger partial charge < -0.3 is 10.8 Å². The summed E-state index contributed by atoms with van der Waals surface area (Å²) in [6, 6.07) is 13.9. The fourth-order valence-corrected chi connectivity index (χ4v) is 1.06. The van der Waals surface area contributed by atoms with Crippen LogP contribution in [0.5, 0.6) is 0 Å². The number of nitrogens with zero attached hydrogens (tertiary/aromatic N) is 1. The number of hydrogen-bond acceptors (Lipinski definition) is 3. The van der Waals surface area contributed by atoms with Gasteiger partial charge in [-0.2, -0.15) is 6.07 Å². The van der Waals surface area contributed by atoms with E-state index in [1.54, 1.807) is 36.5 Å². The van der Waals surface area contributed by atoms with Crippen LogP contribution >= 0.6 is 0 Å². The number of carboxylic acid groups (broad SMARTS) is 1. The van der Waals surface area contributed by atoms with Crippen molar-refractivity contribution >= 4 is 5.97 Å². The maximum atomic E-state index is 10.2. The Morgan fingerprint density at radius 3 is 2.06 bits per heavy atom. The van der Waals surface area contributed by atoms with Gasteiger partial charge in [-0.1, -0.05) is 30.0 Å². The molecule has 0 saturated heterocycles. The van der Waals surface area contributed by atoms with Crippen molar-refractivity contribution in [2.24, 2.45) is 5.73 Å². The first-order valence-electron chi connectivity index (χ1n) is 4.98. The van der Waals surface area contributed by atoms with E-state index in [9.17, 15) is 4.79 Å². The van der Waals surface area contributed by atoms with Gasteiger partial charge in [0.1, 0.15) is 0 Å². The third-order valence-corrected chi connectivity index (χ3v) is 1.88. The first-order chi connectivity index (χ1) is 8.24. The minimum Gasteiger partial charge on any atom is -0.478 e. The predicted molar refractivity (Wildman–Crippen MR) is 65.2 cm³/mol. The van der Waals surface area contributed by atoms with Gasteiger partial charge in [0.25, 0.3) is 0 Å². The number of carbonyl (C=O) groups is 1. The number of benzene rings is 1. The van der Waals surface area contributed by atoms with E-state index in [1.807, 2.05) is 18.2 Å². The second kappa shape index (κ2) is 10.2. The average Bonchev–Trinajstić information content (AvgIpc) is 2.41. The zero-order valence-electron chi connectivity index (χ0n) is 10.2. The molecule has 4 nitrogen and oxygen atoms in total. The molecule has 0 radical (unpaired) electrons. The Morgan fingerprint density at radius 1 is 1.11 bits per heavy atom. The smallest absolute Gasteiger partial charge is 0.478 e. The van der Waals surface area contributed by atoms with E-state index in [2.05, 4.69) is 4.98 Å². The Labute approximate surface area is 149 Å². The largest absolute Gasteiger partial charge is 1.00 e. The maximum absolute atomic E-state index is 10.2. The van der Waals surface area contributed by atoms with Crippen molar-refractivity contribution in [3.8, 4) is 0 Å². The molecule has 1 heterocycles. The van der Waals surface area contributed by atoms with Crippen LogP contribution < -0.4 is 57.1 Å². The number of aromatic carboxylic acids is 1. The van der Waals surface area contributed by atoms with Crippen LogP contribution in [0.15, 0.2) is 54.7 Å². The third-order valence-electron chi connectivity index (χ3n) is 1.88. The number of rotatable bonds is 2. The molecule has 1 aromatic heterocycles. The van der Waals surface area contributed by atoms with Gasteiger partial charge >= 0.3 is 57.4 Å². The molecule has 88 valence electrons. The summed E-state index contributed by atoms with van der Waals surface area (Å²) in [5.74, 6) is -0.879. The molecule has 0 fully saturated rings. The molecule has 0 bridgehead atoms. The van der Waals surface area contributed by atoms with Crippen molar-refractivity contribution in [1.82, 2.24) is 4.98 Å². The number of nitrogens with two attached hydrogens (primary N) is 1. The molecule has 0 saturated carbocycles. The van der Waals surface area contributed by atoms with E-state index in [1.165, 1.54) is 6.54 Å².